The highest BCUT2D eigenvalue weighted by Crippen LogP contribution is 2.26. The zero-order chi connectivity index (χ0) is 21.6. The topological polar surface area (TPSA) is 73.8 Å². The third kappa shape index (κ3) is 4.77. The molecule has 0 aliphatic rings. The van der Waals surface area contributed by atoms with Crippen LogP contribution in [0.2, 0.25) is 0 Å². The molecule has 158 valence electrons. The van der Waals surface area contributed by atoms with Crippen LogP contribution < -0.4 is 0 Å². The molecule has 0 spiro atoms. The predicted octanol–water partition coefficient (Wildman–Crippen LogP) is 5.08. The van der Waals surface area contributed by atoms with Gasteiger partial charge in [-0.2, -0.15) is 0 Å². The minimum absolute atomic E-state index is 0.104. The van der Waals surface area contributed by atoms with Crippen LogP contribution in [0, 0.1) is 0 Å². The van der Waals surface area contributed by atoms with Gasteiger partial charge in [0.25, 0.3) is 0 Å². The molecule has 0 atom stereocenters. The van der Waals surface area contributed by atoms with Crippen molar-refractivity contribution in [2.45, 2.75) is 38.4 Å². The molecular weight excluding hydrogens is 408 g/mol. The number of Topliss-reactive ketones (excluding diaryl/α,β-unsaturated/α-hetero) is 1. The number of thioether (sulfide) groups is 1. The summed E-state index contributed by atoms with van der Waals surface area (Å²) in [6.07, 6.45) is 6.86. The Balaban J connectivity index is 1.60. The fourth-order valence-electron chi connectivity index (χ4n) is 3.42. The Labute approximate surface area is 185 Å². The van der Waals surface area contributed by atoms with Crippen molar-refractivity contribution in [3.63, 3.8) is 0 Å². The first-order chi connectivity index (χ1) is 15.2. The van der Waals surface area contributed by atoms with E-state index in [2.05, 4.69) is 41.2 Å². The van der Waals surface area contributed by atoms with Gasteiger partial charge in [0.05, 0.1) is 18.6 Å². The highest BCUT2D eigenvalue weighted by atomic mass is 32.2. The van der Waals surface area contributed by atoms with E-state index in [1.807, 2.05) is 34.9 Å². The quantitative estimate of drug-likeness (QED) is 0.271. The van der Waals surface area contributed by atoms with Crippen LogP contribution in [-0.2, 0) is 19.4 Å². The molecule has 6 nitrogen and oxygen atoms in total. The van der Waals surface area contributed by atoms with Crippen LogP contribution >= 0.6 is 11.8 Å². The molecule has 0 fully saturated rings. The van der Waals surface area contributed by atoms with Crippen LogP contribution in [0.25, 0.3) is 11.4 Å². The first kappa shape index (κ1) is 21.1. The second kappa shape index (κ2) is 9.75. The zero-order valence-electron chi connectivity index (χ0n) is 17.6. The lowest BCUT2D eigenvalue weighted by atomic mass is 9.98. The van der Waals surface area contributed by atoms with Crippen molar-refractivity contribution in [3.05, 3.63) is 83.6 Å². The standard InChI is InChI=1S/C24H24N4O2S/c1-3-17-9-10-18(4-2)21(13-17)22(29)16-31-24-27-26-23(19-7-5-11-25-14-19)28(24)15-20-8-6-12-30-20/h5-14H,3-4,15-16H2,1-2H3. The van der Waals surface area contributed by atoms with E-state index < -0.39 is 0 Å². The van der Waals surface area contributed by atoms with Crippen molar-refractivity contribution in [1.82, 2.24) is 19.7 Å². The van der Waals surface area contributed by atoms with Gasteiger partial charge in [0.15, 0.2) is 16.8 Å². The predicted molar refractivity (Wildman–Crippen MR) is 121 cm³/mol. The average molecular weight is 433 g/mol. The van der Waals surface area contributed by atoms with Gasteiger partial charge in [-0.1, -0.05) is 37.7 Å². The Morgan fingerprint density at radius 3 is 2.71 bits per heavy atom. The molecule has 7 heteroatoms. The Bertz CT molecular complexity index is 1150. The summed E-state index contributed by atoms with van der Waals surface area (Å²) in [5.74, 6) is 1.89. The maximum absolute atomic E-state index is 13.1. The summed E-state index contributed by atoms with van der Waals surface area (Å²) >= 11 is 1.40. The lowest BCUT2D eigenvalue weighted by Crippen LogP contribution is -2.09. The number of carbonyl (C=O) groups excluding carboxylic acids is 1. The van der Waals surface area contributed by atoms with E-state index in [0.29, 0.717) is 23.3 Å². The zero-order valence-corrected chi connectivity index (χ0v) is 18.4. The van der Waals surface area contributed by atoms with Crippen molar-refractivity contribution >= 4 is 17.5 Å². The highest BCUT2D eigenvalue weighted by molar-refractivity contribution is 7.99. The van der Waals surface area contributed by atoms with Crippen LogP contribution in [0.3, 0.4) is 0 Å². The summed E-state index contributed by atoms with van der Waals surface area (Å²) in [6, 6.07) is 13.8. The number of nitrogens with zero attached hydrogens (tertiary/aromatic N) is 4. The third-order valence-electron chi connectivity index (χ3n) is 5.13. The molecule has 0 unspecified atom stereocenters. The van der Waals surface area contributed by atoms with Crippen LogP contribution in [0.1, 0.15) is 41.1 Å². The van der Waals surface area contributed by atoms with Crippen LogP contribution in [-0.4, -0.2) is 31.3 Å². The van der Waals surface area contributed by atoms with Gasteiger partial charge in [0, 0.05) is 23.5 Å². The summed E-state index contributed by atoms with van der Waals surface area (Å²) in [5.41, 5.74) is 3.92. The van der Waals surface area contributed by atoms with Gasteiger partial charge in [0.2, 0.25) is 0 Å². The lowest BCUT2D eigenvalue weighted by Gasteiger charge is -2.10. The monoisotopic (exact) mass is 432 g/mol. The molecule has 0 bridgehead atoms. The molecule has 3 heterocycles. The van der Waals surface area contributed by atoms with Gasteiger partial charge in [-0.15, -0.1) is 10.2 Å². The number of hydrogen-bond donors (Lipinski definition) is 0. The molecule has 0 saturated carbocycles. The van der Waals surface area contributed by atoms with Crippen molar-refractivity contribution in [1.29, 1.82) is 0 Å². The number of aromatic nitrogens is 4. The van der Waals surface area contributed by atoms with Gasteiger partial charge in [-0.3, -0.25) is 14.3 Å². The minimum atomic E-state index is 0.104. The third-order valence-corrected chi connectivity index (χ3v) is 6.09. The summed E-state index contributed by atoms with van der Waals surface area (Å²) in [4.78, 5) is 17.3. The fourth-order valence-corrected chi connectivity index (χ4v) is 4.25. The normalized spacial score (nSPS) is 11.0. The fraction of sp³-hybridized carbons (Fsp3) is 0.250. The summed E-state index contributed by atoms with van der Waals surface area (Å²) < 4.78 is 7.50. The molecule has 3 aromatic heterocycles. The van der Waals surface area contributed by atoms with Gasteiger partial charge >= 0.3 is 0 Å². The Morgan fingerprint density at radius 1 is 1.10 bits per heavy atom. The van der Waals surface area contributed by atoms with Crippen LogP contribution in [0.5, 0.6) is 0 Å². The molecule has 0 aliphatic heterocycles. The van der Waals surface area contributed by atoms with Gasteiger partial charge in [-0.25, -0.2) is 0 Å². The molecule has 0 N–H and O–H groups in total. The Morgan fingerprint density at radius 2 is 2.00 bits per heavy atom. The molecule has 4 aromatic rings. The number of benzene rings is 1. The SMILES string of the molecule is CCc1ccc(CC)c(C(=O)CSc2nnc(-c3cccnc3)n2Cc2ccco2)c1. The Hall–Kier alpha value is -3.19. The number of carbonyl (C=O) groups is 1. The van der Waals surface area contributed by atoms with E-state index in [1.165, 1.54) is 17.3 Å². The summed E-state index contributed by atoms with van der Waals surface area (Å²) in [5, 5.41) is 9.42. The van der Waals surface area contributed by atoms with Crippen LogP contribution in [0.4, 0.5) is 0 Å². The number of pyridine rings is 1. The summed E-state index contributed by atoms with van der Waals surface area (Å²) in [6.45, 7) is 4.65. The second-order valence-electron chi connectivity index (χ2n) is 7.12. The van der Waals surface area contributed by atoms with Crippen molar-refractivity contribution < 1.29 is 9.21 Å². The van der Waals surface area contributed by atoms with E-state index in [-0.39, 0.29) is 5.78 Å². The van der Waals surface area contributed by atoms with Crippen molar-refractivity contribution in [3.8, 4) is 11.4 Å². The molecule has 31 heavy (non-hydrogen) atoms. The number of rotatable bonds is 9. The molecule has 0 radical (unpaired) electrons. The highest BCUT2D eigenvalue weighted by Gasteiger charge is 2.18. The van der Waals surface area contributed by atoms with E-state index in [4.69, 9.17) is 4.42 Å². The molecular formula is C24H24N4O2S. The number of hydrogen-bond acceptors (Lipinski definition) is 6. The maximum Gasteiger partial charge on any atom is 0.192 e. The van der Waals surface area contributed by atoms with Gasteiger partial charge < -0.3 is 4.42 Å². The maximum atomic E-state index is 13.1. The lowest BCUT2D eigenvalue weighted by molar-refractivity contribution is 0.102. The largest absolute Gasteiger partial charge is 0.467 e. The first-order valence-corrected chi connectivity index (χ1v) is 11.3. The van der Waals surface area contributed by atoms with Crippen molar-refractivity contribution in [2.24, 2.45) is 0 Å². The number of furan rings is 1. The molecule has 0 aliphatic carbocycles. The van der Waals surface area contributed by atoms with Crippen LogP contribution in [0.15, 0.2) is 70.7 Å². The second-order valence-corrected chi connectivity index (χ2v) is 8.07. The molecule has 1 aromatic carbocycles. The van der Waals surface area contributed by atoms with E-state index in [0.717, 1.165) is 35.3 Å². The van der Waals surface area contributed by atoms with Gasteiger partial charge in [-0.05, 0) is 54.3 Å². The van der Waals surface area contributed by atoms with E-state index >= 15 is 0 Å². The Kier molecular flexibility index (Phi) is 6.62. The van der Waals surface area contributed by atoms with Gasteiger partial charge in [0.1, 0.15) is 5.76 Å². The molecule has 0 amide bonds. The first-order valence-electron chi connectivity index (χ1n) is 10.3. The smallest absolute Gasteiger partial charge is 0.192 e. The molecule has 4 rings (SSSR count). The summed E-state index contributed by atoms with van der Waals surface area (Å²) in [7, 11) is 0. The minimum Gasteiger partial charge on any atom is -0.467 e. The average Bonchev–Trinajstić information content (AvgIpc) is 3.48. The van der Waals surface area contributed by atoms with E-state index in [1.54, 1.807) is 18.7 Å². The number of aryl methyl sites for hydroxylation is 2. The molecule has 0 saturated heterocycles. The number of ketones is 1. The van der Waals surface area contributed by atoms with Crippen molar-refractivity contribution in [2.75, 3.05) is 5.75 Å². The van der Waals surface area contributed by atoms with E-state index in [9.17, 15) is 4.79 Å².